The molecule has 0 aliphatic heterocycles. The second kappa shape index (κ2) is 7.65. The third-order valence-corrected chi connectivity index (χ3v) is 4.29. The van der Waals surface area contributed by atoms with E-state index in [1.54, 1.807) is 6.21 Å². The number of nitrogens with one attached hydrogen (secondary N) is 1. The Hall–Kier alpha value is -3.74. The SMILES string of the molecule is C=CCn1c(C)c(/C=N/NC(=O)c2ccc([N+](=O)[O-])cc2)c2ccccc21. The summed E-state index contributed by atoms with van der Waals surface area (Å²) < 4.78 is 2.13. The molecule has 7 heteroatoms. The molecule has 0 unspecified atom stereocenters. The van der Waals surface area contributed by atoms with Crippen LogP contribution >= 0.6 is 0 Å². The van der Waals surface area contributed by atoms with Crippen molar-refractivity contribution in [1.29, 1.82) is 0 Å². The Kier molecular flexibility index (Phi) is 5.12. The van der Waals surface area contributed by atoms with Crippen molar-refractivity contribution in [3.05, 3.63) is 88.1 Å². The van der Waals surface area contributed by atoms with Crippen molar-refractivity contribution in [3.8, 4) is 0 Å². The first-order valence-electron chi connectivity index (χ1n) is 8.29. The lowest BCUT2D eigenvalue weighted by molar-refractivity contribution is -0.384. The molecule has 1 aromatic heterocycles. The van der Waals surface area contributed by atoms with Crippen LogP contribution in [0.5, 0.6) is 0 Å². The number of hydrogen-bond acceptors (Lipinski definition) is 4. The number of nitro benzene ring substituents is 1. The minimum Gasteiger partial charge on any atom is -0.340 e. The number of carbonyl (C=O) groups is 1. The van der Waals surface area contributed by atoms with E-state index in [1.807, 2.05) is 37.3 Å². The molecule has 3 aromatic rings. The van der Waals surface area contributed by atoms with E-state index in [2.05, 4.69) is 21.7 Å². The van der Waals surface area contributed by atoms with Gasteiger partial charge in [-0.15, -0.1) is 6.58 Å². The number of nitro groups is 1. The number of para-hydroxylation sites is 1. The summed E-state index contributed by atoms with van der Waals surface area (Å²) in [6, 6.07) is 13.3. The molecule has 0 spiro atoms. The van der Waals surface area contributed by atoms with Gasteiger partial charge in [0.1, 0.15) is 0 Å². The molecule has 0 fully saturated rings. The molecule has 0 radical (unpaired) electrons. The smallest absolute Gasteiger partial charge is 0.271 e. The summed E-state index contributed by atoms with van der Waals surface area (Å²) in [6.07, 6.45) is 3.44. The molecule has 1 heterocycles. The second-order valence-electron chi connectivity index (χ2n) is 5.92. The molecule has 7 nitrogen and oxygen atoms in total. The Morgan fingerprint density at radius 2 is 1.96 bits per heavy atom. The van der Waals surface area contributed by atoms with Crippen molar-refractivity contribution in [3.63, 3.8) is 0 Å². The number of carbonyl (C=O) groups excluding carboxylic acids is 1. The topological polar surface area (TPSA) is 89.5 Å². The number of allylic oxidation sites excluding steroid dienone is 1. The van der Waals surface area contributed by atoms with Crippen LogP contribution in [-0.4, -0.2) is 21.6 Å². The molecule has 2 aromatic carbocycles. The lowest BCUT2D eigenvalue weighted by Gasteiger charge is -2.04. The molecule has 0 atom stereocenters. The van der Waals surface area contributed by atoms with Crippen LogP contribution in [0, 0.1) is 17.0 Å². The zero-order valence-electron chi connectivity index (χ0n) is 14.8. The first-order chi connectivity index (χ1) is 13.0. The molecule has 1 amide bonds. The van der Waals surface area contributed by atoms with Gasteiger partial charge in [-0.3, -0.25) is 14.9 Å². The maximum absolute atomic E-state index is 12.2. The van der Waals surface area contributed by atoms with E-state index in [9.17, 15) is 14.9 Å². The number of benzene rings is 2. The van der Waals surface area contributed by atoms with Crippen molar-refractivity contribution >= 4 is 28.7 Å². The Morgan fingerprint density at radius 1 is 1.26 bits per heavy atom. The van der Waals surface area contributed by atoms with E-state index >= 15 is 0 Å². The summed E-state index contributed by atoms with van der Waals surface area (Å²) in [4.78, 5) is 22.3. The van der Waals surface area contributed by atoms with Gasteiger partial charge in [-0.1, -0.05) is 24.3 Å². The Balaban J connectivity index is 1.82. The molecule has 27 heavy (non-hydrogen) atoms. The van der Waals surface area contributed by atoms with Crippen molar-refractivity contribution in [2.75, 3.05) is 0 Å². The number of rotatable bonds is 6. The zero-order valence-corrected chi connectivity index (χ0v) is 14.8. The highest BCUT2D eigenvalue weighted by atomic mass is 16.6. The molecule has 0 aliphatic rings. The molecule has 0 saturated heterocycles. The minimum atomic E-state index is -0.512. The molecule has 0 aliphatic carbocycles. The van der Waals surface area contributed by atoms with Gasteiger partial charge >= 0.3 is 0 Å². The molecule has 136 valence electrons. The van der Waals surface area contributed by atoms with Gasteiger partial charge in [-0.2, -0.15) is 5.10 Å². The van der Waals surface area contributed by atoms with Crippen LogP contribution in [0.4, 0.5) is 5.69 Å². The van der Waals surface area contributed by atoms with Gasteiger partial charge in [-0.05, 0) is 25.1 Å². The average Bonchev–Trinajstić information content (AvgIpc) is 2.94. The normalized spacial score (nSPS) is 11.0. The van der Waals surface area contributed by atoms with Gasteiger partial charge < -0.3 is 4.57 Å². The average molecular weight is 362 g/mol. The predicted molar refractivity (Wildman–Crippen MR) is 105 cm³/mol. The number of hydrogen-bond donors (Lipinski definition) is 1. The van der Waals surface area contributed by atoms with Crippen LogP contribution < -0.4 is 5.43 Å². The number of hydrazone groups is 1. The summed E-state index contributed by atoms with van der Waals surface area (Å²) in [6.45, 7) is 6.46. The van der Waals surface area contributed by atoms with E-state index in [4.69, 9.17) is 0 Å². The molecule has 3 rings (SSSR count). The number of fused-ring (bicyclic) bond motifs is 1. The Morgan fingerprint density at radius 3 is 2.63 bits per heavy atom. The van der Waals surface area contributed by atoms with Crippen molar-refractivity contribution in [2.45, 2.75) is 13.5 Å². The lowest BCUT2D eigenvalue weighted by atomic mass is 10.1. The highest BCUT2D eigenvalue weighted by Crippen LogP contribution is 2.24. The minimum absolute atomic E-state index is 0.0688. The van der Waals surface area contributed by atoms with E-state index in [1.165, 1.54) is 24.3 Å². The number of aromatic nitrogens is 1. The number of nitrogens with zero attached hydrogens (tertiary/aromatic N) is 3. The monoisotopic (exact) mass is 362 g/mol. The zero-order chi connectivity index (χ0) is 19.4. The van der Waals surface area contributed by atoms with Crippen molar-refractivity contribution < 1.29 is 9.72 Å². The first-order valence-corrected chi connectivity index (χ1v) is 8.29. The van der Waals surface area contributed by atoms with Gasteiger partial charge in [0.25, 0.3) is 11.6 Å². The summed E-state index contributed by atoms with van der Waals surface area (Å²) in [7, 11) is 0. The lowest BCUT2D eigenvalue weighted by Crippen LogP contribution is -2.17. The quantitative estimate of drug-likeness (QED) is 0.313. The van der Waals surface area contributed by atoms with Gasteiger partial charge in [0.2, 0.25) is 0 Å². The fourth-order valence-corrected chi connectivity index (χ4v) is 2.94. The summed E-state index contributed by atoms with van der Waals surface area (Å²) in [5.74, 6) is -0.436. The number of amides is 1. The van der Waals surface area contributed by atoms with Crippen molar-refractivity contribution in [2.24, 2.45) is 5.10 Å². The van der Waals surface area contributed by atoms with Gasteiger partial charge in [-0.25, -0.2) is 5.43 Å². The summed E-state index contributed by atoms with van der Waals surface area (Å²) in [5.41, 5.74) is 5.69. The molecule has 0 bridgehead atoms. The van der Waals surface area contributed by atoms with E-state index < -0.39 is 10.8 Å². The molecular weight excluding hydrogens is 344 g/mol. The highest BCUT2D eigenvalue weighted by molar-refractivity contribution is 6.02. The fourth-order valence-electron chi connectivity index (χ4n) is 2.94. The molecular formula is C20H18N4O3. The third-order valence-electron chi connectivity index (χ3n) is 4.29. The highest BCUT2D eigenvalue weighted by Gasteiger charge is 2.12. The predicted octanol–water partition coefficient (Wildman–Crippen LogP) is 3.81. The summed E-state index contributed by atoms with van der Waals surface area (Å²) in [5, 5.41) is 15.8. The van der Waals surface area contributed by atoms with Crippen LogP contribution in [0.1, 0.15) is 21.6 Å². The Labute approximate surface area is 155 Å². The molecule has 0 saturated carbocycles. The standard InChI is InChI=1S/C20H18N4O3/c1-3-12-23-14(2)18(17-6-4-5-7-19(17)23)13-21-22-20(25)15-8-10-16(11-9-15)24(26)27/h3-11,13H,1,12H2,2H3,(H,22,25)/b21-13+. The summed E-state index contributed by atoms with van der Waals surface area (Å²) >= 11 is 0. The first kappa shape index (κ1) is 18.1. The van der Waals surface area contributed by atoms with Crippen LogP contribution in [0.25, 0.3) is 10.9 Å². The second-order valence-corrected chi connectivity index (χ2v) is 5.92. The largest absolute Gasteiger partial charge is 0.340 e. The fraction of sp³-hybridized carbons (Fsp3) is 0.100. The third kappa shape index (κ3) is 3.62. The molecule has 1 N–H and O–H groups in total. The van der Waals surface area contributed by atoms with Gasteiger partial charge in [0, 0.05) is 46.4 Å². The maximum atomic E-state index is 12.2. The van der Waals surface area contributed by atoms with Crippen LogP contribution in [0.15, 0.2) is 66.3 Å². The maximum Gasteiger partial charge on any atom is 0.271 e. The van der Waals surface area contributed by atoms with Gasteiger partial charge in [0.05, 0.1) is 11.1 Å². The van der Waals surface area contributed by atoms with E-state index in [0.717, 1.165) is 22.2 Å². The van der Waals surface area contributed by atoms with Gasteiger partial charge in [0.15, 0.2) is 0 Å². The van der Waals surface area contributed by atoms with Crippen molar-refractivity contribution in [1.82, 2.24) is 9.99 Å². The van der Waals surface area contributed by atoms with E-state index in [-0.39, 0.29) is 5.69 Å². The number of non-ortho nitro benzene ring substituents is 1. The van der Waals surface area contributed by atoms with Crippen LogP contribution in [0.2, 0.25) is 0 Å². The Bertz CT molecular complexity index is 1050. The van der Waals surface area contributed by atoms with Crippen LogP contribution in [-0.2, 0) is 6.54 Å². The van der Waals surface area contributed by atoms with Crippen LogP contribution in [0.3, 0.4) is 0 Å². The van der Waals surface area contributed by atoms with E-state index in [0.29, 0.717) is 12.1 Å².